The highest BCUT2D eigenvalue weighted by Gasteiger charge is 2.17. The van der Waals surface area contributed by atoms with E-state index in [1.165, 1.54) is 0 Å². The highest BCUT2D eigenvalue weighted by Crippen LogP contribution is 2.29. The van der Waals surface area contributed by atoms with Crippen molar-refractivity contribution in [3.8, 4) is 11.5 Å². The molecule has 0 aliphatic carbocycles. The molecule has 3 rings (SSSR count). The van der Waals surface area contributed by atoms with Crippen LogP contribution in [0.15, 0.2) is 72.8 Å². The fourth-order valence-electron chi connectivity index (χ4n) is 2.52. The van der Waals surface area contributed by atoms with Gasteiger partial charge in [0.15, 0.2) is 5.75 Å². The second-order valence-corrected chi connectivity index (χ2v) is 6.07. The molecule has 0 unspecified atom stereocenters. The van der Waals surface area contributed by atoms with E-state index in [-0.39, 0.29) is 0 Å². The molecule has 0 aromatic heterocycles. The van der Waals surface area contributed by atoms with Gasteiger partial charge in [0.05, 0.1) is 5.69 Å². The molecule has 0 saturated carbocycles. The number of anilines is 2. The number of nitrogens with one attached hydrogen (secondary N) is 2. The summed E-state index contributed by atoms with van der Waals surface area (Å²) in [6.07, 6.45) is 0. The van der Waals surface area contributed by atoms with Crippen LogP contribution in [-0.4, -0.2) is 11.8 Å². The van der Waals surface area contributed by atoms with Crippen molar-refractivity contribution in [3.05, 3.63) is 83.9 Å². The molecule has 0 spiro atoms. The fraction of sp³-hybridized carbons (Fsp3) is 0.0909. The van der Waals surface area contributed by atoms with E-state index in [1.807, 2.05) is 56.3 Å². The van der Waals surface area contributed by atoms with Crippen molar-refractivity contribution in [2.45, 2.75) is 13.8 Å². The maximum absolute atomic E-state index is 12.3. The van der Waals surface area contributed by atoms with Gasteiger partial charge in [-0.15, -0.1) is 0 Å². The summed E-state index contributed by atoms with van der Waals surface area (Å²) in [7, 11) is 0. The standard InChI is InChI=1S/C22H20N2O3/c1-15-9-8-13-18(16(15)2)23-21(25)22(26)24-19-12-6-7-14-20(19)27-17-10-4-3-5-11-17/h3-14H,1-2H3,(H,23,25)(H,24,26). The summed E-state index contributed by atoms with van der Waals surface area (Å²) >= 11 is 0. The highest BCUT2D eigenvalue weighted by molar-refractivity contribution is 6.43. The van der Waals surface area contributed by atoms with E-state index in [0.29, 0.717) is 22.9 Å². The summed E-state index contributed by atoms with van der Waals surface area (Å²) in [5.74, 6) is -0.408. The number of aryl methyl sites for hydroxylation is 1. The van der Waals surface area contributed by atoms with Crippen molar-refractivity contribution < 1.29 is 14.3 Å². The van der Waals surface area contributed by atoms with Crippen LogP contribution in [0.25, 0.3) is 0 Å². The smallest absolute Gasteiger partial charge is 0.314 e. The predicted octanol–water partition coefficient (Wildman–Crippen LogP) is 4.67. The van der Waals surface area contributed by atoms with Gasteiger partial charge in [-0.2, -0.15) is 0 Å². The van der Waals surface area contributed by atoms with E-state index in [4.69, 9.17) is 4.74 Å². The average molecular weight is 360 g/mol. The molecular formula is C22H20N2O3. The Morgan fingerprint density at radius 3 is 2.04 bits per heavy atom. The maximum Gasteiger partial charge on any atom is 0.314 e. The summed E-state index contributed by atoms with van der Waals surface area (Å²) in [6, 6.07) is 21.7. The largest absolute Gasteiger partial charge is 0.455 e. The first-order valence-electron chi connectivity index (χ1n) is 8.55. The molecule has 2 N–H and O–H groups in total. The molecule has 0 aliphatic heterocycles. The third kappa shape index (κ3) is 4.52. The van der Waals surface area contributed by atoms with Crippen molar-refractivity contribution in [2.75, 3.05) is 10.6 Å². The van der Waals surface area contributed by atoms with Crippen LogP contribution >= 0.6 is 0 Å². The summed E-state index contributed by atoms with van der Waals surface area (Å²) in [5.41, 5.74) is 2.99. The van der Waals surface area contributed by atoms with Crippen LogP contribution in [0.3, 0.4) is 0 Å². The average Bonchev–Trinajstić information content (AvgIpc) is 2.67. The van der Waals surface area contributed by atoms with E-state index in [0.717, 1.165) is 11.1 Å². The third-order valence-electron chi connectivity index (χ3n) is 4.17. The molecule has 2 amide bonds. The van der Waals surface area contributed by atoms with Crippen LogP contribution in [0.2, 0.25) is 0 Å². The lowest BCUT2D eigenvalue weighted by atomic mass is 10.1. The van der Waals surface area contributed by atoms with Gasteiger partial charge in [0, 0.05) is 5.69 Å². The van der Waals surface area contributed by atoms with Crippen LogP contribution in [0.1, 0.15) is 11.1 Å². The number of para-hydroxylation sites is 3. The number of benzene rings is 3. The first kappa shape index (κ1) is 18.2. The molecular weight excluding hydrogens is 340 g/mol. The van der Waals surface area contributed by atoms with Gasteiger partial charge in [-0.1, -0.05) is 42.5 Å². The van der Waals surface area contributed by atoms with Gasteiger partial charge in [0.2, 0.25) is 0 Å². The molecule has 3 aromatic rings. The number of carbonyl (C=O) groups is 2. The molecule has 0 bridgehead atoms. The zero-order valence-corrected chi connectivity index (χ0v) is 15.2. The number of rotatable bonds is 4. The number of ether oxygens (including phenoxy) is 1. The Morgan fingerprint density at radius 1 is 0.704 bits per heavy atom. The number of amides is 2. The summed E-state index contributed by atoms with van der Waals surface area (Å²) < 4.78 is 5.80. The van der Waals surface area contributed by atoms with Gasteiger partial charge in [0.1, 0.15) is 5.75 Å². The van der Waals surface area contributed by atoms with Crippen LogP contribution in [-0.2, 0) is 9.59 Å². The van der Waals surface area contributed by atoms with Gasteiger partial charge in [-0.25, -0.2) is 0 Å². The van der Waals surface area contributed by atoms with Crippen LogP contribution in [0, 0.1) is 13.8 Å². The predicted molar refractivity (Wildman–Crippen MR) is 106 cm³/mol. The molecule has 0 aliphatic rings. The minimum absolute atomic E-state index is 0.419. The topological polar surface area (TPSA) is 67.4 Å². The summed E-state index contributed by atoms with van der Waals surface area (Å²) in [6.45, 7) is 3.84. The molecule has 0 atom stereocenters. The lowest BCUT2D eigenvalue weighted by Gasteiger charge is -2.13. The van der Waals surface area contributed by atoms with Crippen LogP contribution in [0.4, 0.5) is 11.4 Å². The second kappa shape index (κ2) is 8.19. The first-order valence-corrected chi connectivity index (χ1v) is 8.55. The van der Waals surface area contributed by atoms with Crippen molar-refractivity contribution >= 4 is 23.2 Å². The lowest BCUT2D eigenvalue weighted by Crippen LogP contribution is -2.29. The molecule has 0 fully saturated rings. The van der Waals surface area contributed by atoms with E-state index < -0.39 is 11.8 Å². The van der Waals surface area contributed by atoms with Crippen LogP contribution in [0.5, 0.6) is 11.5 Å². The van der Waals surface area contributed by atoms with Gasteiger partial charge in [-0.3, -0.25) is 9.59 Å². The second-order valence-electron chi connectivity index (χ2n) is 6.07. The summed E-state index contributed by atoms with van der Waals surface area (Å²) in [4.78, 5) is 24.6. The Morgan fingerprint density at radius 2 is 1.30 bits per heavy atom. The molecule has 3 aromatic carbocycles. The zero-order chi connectivity index (χ0) is 19.2. The minimum Gasteiger partial charge on any atom is -0.455 e. The molecule has 0 saturated heterocycles. The number of hydrogen-bond acceptors (Lipinski definition) is 3. The Hall–Kier alpha value is -3.60. The van der Waals surface area contributed by atoms with Gasteiger partial charge in [0.25, 0.3) is 0 Å². The minimum atomic E-state index is -0.764. The third-order valence-corrected chi connectivity index (χ3v) is 4.17. The summed E-state index contributed by atoms with van der Waals surface area (Å²) in [5, 5.41) is 5.26. The first-order chi connectivity index (χ1) is 13.0. The Kier molecular flexibility index (Phi) is 5.52. The van der Waals surface area contributed by atoms with Crippen molar-refractivity contribution in [2.24, 2.45) is 0 Å². The van der Waals surface area contributed by atoms with E-state index in [2.05, 4.69) is 10.6 Å². The van der Waals surface area contributed by atoms with Gasteiger partial charge in [-0.05, 0) is 55.3 Å². The normalized spacial score (nSPS) is 10.1. The SMILES string of the molecule is Cc1cccc(NC(=O)C(=O)Nc2ccccc2Oc2ccccc2)c1C. The van der Waals surface area contributed by atoms with E-state index in [9.17, 15) is 9.59 Å². The molecule has 5 heteroatoms. The van der Waals surface area contributed by atoms with Crippen molar-refractivity contribution in [1.29, 1.82) is 0 Å². The quantitative estimate of drug-likeness (QED) is 0.664. The van der Waals surface area contributed by atoms with Crippen molar-refractivity contribution in [3.63, 3.8) is 0 Å². The Bertz CT molecular complexity index is 968. The van der Waals surface area contributed by atoms with Crippen molar-refractivity contribution in [1.82, 2.24) is 0 Å². The van der Waals surface area contributed by atoms with Crippen LogP contribution < -0.4 is 15.4 Å². The van der Waals surface area contributed by atoms with Gasteiger partial charge < -0.3 is 15.4 Å². The molecule has 5 nitrogen and oxygen atoms in total. The Balaban J connectivity index is 1.72. The molecule has 136 valence electrons. The molecule has 0 radical (unpaired) electrons. The number of carbonyl (C=O) groups excluding carboxylic acids is 2. The molecule has 27 heavy (non-hydrogen) atoms. The lowest BCUT2D eigenvalue weighted by molar-refractivity contribution is -0.133. The van der Waals surface area contributed by atoms with E-state index in [1.54, 1.807) is 30.3 Å². The highest BCUT2D eigenvalue weighted by atomic mass is 16.5. The fourth-order valence-corrected chi connectivity index (χ4v) is 2.52. The monoisotopic (exact) mass is 360 g/mol. The van der Waals surface area contributed by atoms with Gasteiger partial charge >= 0.3 is 11.8 Å². The zero-order valence-electron chi connectivity index (χ0n) is 15.2. The maximum atomic E-state index is 12.3. The molecule has 0 heterocycles. The van der Waals surface area contributed by atoms with E-state index >= 15 is 0 Å². The number of hydrogen-bond donors (Lipinski definition) is 2. The Labute approximate surface area is 158 Å².